The van der Waals surface area contributed by atoms with Crippen LogP contribution in [0.5, 0.6) is 0 Å². The first-order valence-corrected chi connectivity index (χ1v) is 14.5. The molecule has 0 amide bonds. The van der Waals surface area contributed by atoms with E-state index in [2.05, 4.69) is 60.6 Å². The molecule has 0 aliphatic carbocycles. The van der Waals surface area contributed by atoms with Gasteiger partial charge in [-0.3, -0.25) is 0 Å². The molecule has 0 saturated heterocycles. The average molecular weight is 527 g/mol. The van der Waals surface area contributed by atoms with Crippen molar-refractivity contribution in [2.24, 2.45) is 5.41 Å². The smallest absolute Gasteiger partial charge is 0.102 e. The summed E-state index contributed by atoms with van der Waals surface area (Å²) in [5, 5.41) is 41.8. The maximum Gasteiger partial charge on any atom is 0.102 e. The molecule has 0 aromatic heterocycles. The second-order valence-electron chi connectivity index (χ2n) is 13.4. The van der Waals surface area contributed by atoms with E-state index in [9.17, 15) is 20.4 Å². The first kappa shape index (κ1) is 32.5. The highest BCUT2D eigenvalue weighted by atomic mass is 16.3. The summed E-state index contributed by atoms with van der Waals surface area (Å²) in [5.74, 6) is 0. The van der Waals surface area contributed by atoms with E-state index in [1.807, 2.05) is 18.2 Å². The molecule has 2 aromatic carbocycles. The highest BCUT2D eigenvalue weighted by Gasteiger charge is 2.50. The Kier molecular flexibility index (Phi) is 11.6. The Balaban J connectivity index is 1.98. The van der Waals surface area contributed by atoms with Crippen LogP contribution in [-0.4, -0.2) is 40.2 Å². The lowest BCUT2D eigenvalue weighted by Crippen LogP contribution is -2.53. The normalized spacial score (nSPS) is 14.5. The number of hydrogen-bond donors (Lipinski definition) is 4. The van der Waals surface area contributed by atoms with Gasteiger partial charge in [-0.05, 0) is 59.3 Å². The number of benzene rings is 2. The van der Waals surface area contributed by atoms with Crippen LogP contribution in [-0.2, 0) is 22.9 Å². The standard InChI is InChI=1S/C34H54O4/c1-26-21-29(31(2,3)4)28(30(22-26)32(5,6)7)19-15-10-8-9-11-16-20-34(38,27-17-13-12-14-18-27)33(23-35,24-36)25-37/h12-14,17-18,21-22,35-38H,8-11,15-16,19-20,23-25H2,1-7H3. The predicted octanol–water partition coefficient (Wildman–Crippen LogP) is 6.71. The molecule has 2 rings (SSSR count). The molecule has 38 heavy (non-hydrogen) atoms. The Labute approximate surface area is 232 Å². The van der Waals surface area contributed by atoms with Crippen LogP contribution in [0.4, 0.5) is 0 Å². The van der Waals surface area contributed by atoms with Gasteiger partial charge in [0.25, 0.3) is 0 Å². The van der Waals surface area contributed by atoms with Crippen molar-refractivity contribution in [3.05, 3.63) is 70.3 Å². The fourth-order valence-corrected chi connectivity index (χ4v) is 5.79. The van der Waals surface area contributed by atoms with Crippen molar-refractivity contribution in [2.45, 2.75) is 116 Å². The lowest BCUT2D eigenvalue weighted by molar-refractivity contribution is -0.164. The van der Waals surface area contributed by atoms with E-state index < -0.39 is 30.8 Å². The van der Waals surface area contributed by atoms with Gasteiger partial charge >= 0.3 is 0 Å². The van der Waals surface area contributed by atoms with E-state index in [0.29, 0.717) is 12.0 Å². The first-order valence-electron chi connectivity index (χ1n) is 14.5. The SMILES string of the molecule is Cc1cc(C(C)(C)C)c(CCCCCCCCC(O)(c2ccccc2)C(CO)(CO)CO)c(C(C)(C)C)c1. The second kappa shape index (κ2) is 13.6. The summed E-state index contributed by atoms with van der Waals surface area (Å²) < 4.78 is 0. The van der Waals surface area contributed by atoms with Gasteiger partial charge in [-0.1, -0.05) is 122 Å². The molecule has 4 N–H and O–H groups in total. The van der Waals surface area contributed by atoms with Crippen LogP contribution in [0.25, 0.3) is 0 Å². The zero-order valence-corrected chi connectivity index (χ0v) is 25.1. The number of rotatable bonds is 14. The molecule has 2 aromatic rings. The van der Waals surface area contributed by atoms with E-state index in [0.717, 1.165) is 44.9 Å². The largest absolute Gasteiger partial charge is 0.395 e. The summed E-state index contributed by atoms with van der Waals surface area (Å²) in [6.07, 6.45) is 7.72. The highest BCUT2D eigenvalue weighted by Crippen LogP contribution is 2.43. The summed E-state index contributed by atoms with van der Waals surface area (Å²) in [6, 6.07) is 13.9. The van der Waals surface area contributed by atoms with Crippen molar-refractivity contribution in [1.29, 1.82) is 0 Å². The Morgan fingerprint density at radius 1 is 0.632 bits per heavy atom. The van der Waals surface area contributed by atoms with Crippen molar-refractivity contribution in [1.82, 2.24) is 0 Å². The van der Waals surface area contributed by atoms with Crippen molar-refractivity contribution < 1.29 is 20.4 Å². The Morgan fingerprint density at radius 3 is 1.53 bits per heavy atom. The van der Waals surface area contributed by atoms with Gasteiger partial charge in [-0.25, -0.2) is 0 Å². The zero-order chi connectivity index (χ0) is 28.6. The molecule has 0 bridgehead atoms. The molecule has 1 atom stereocenters. The van der Waals surface area contributed by atoms with Crippen molar-refractivity contribution in [3.8, 4) is 0 Å². The minimum Gasteiger partial charge on any atom is -0.395 e. The minimum absolute atomic E-state index is 0.115. The van der Waals surface area contributed by atoms with Crippen LogP contribution in [0.1, 0.15) is 114 Å². The van der Waals surface area contributed by atoms with Gasteiger partial charge in [0.2, 0.25) is 0 Å². The third-order valence-electron chi connectivity index (χ3n) is 8.26. The molecular formula is C34H54O4. The summed E-state index contributed by atoms with van der Waals surface area (Å²) in [6.45, 7) is 14.6. The van der Waals surface area contributed by atoms with E-state index >= 15 is 0 Å². The van der Waals surface area contributed by atoms with E-state index in [1.165, 1.54) is 22.3 Å². The van der Waals surface area contributed by atoms with Crippen LogP contribution in [0.15, 0.2) is 42.5 Å². The van der Waals surface area contributed by atoms with Crippen LogP contribution < -0.4 is 0 Å². The van der Waals surface area contributed by atoms with Gasteiger partial charge in [0, 0.05) is 0 Å². The molecule has 0 saturated carbocycles. The Hall–Kier alpha value is -1.72. The zero-order valence-electron chi connectivity index (χ0n) is 25.1. The van der Waals surface area contributed by atoms with Crippen LogP contribution in [0.2, 0.25) is 0 Å². The molecule has 1 unspecified atom stereocenters. The summed E-state index contributed by atoms with van der Waals surface area (Å²) in [4.78, 5) is 0. The molecule has 0 radical (unpaired) electrons. The third-order valence-corrected chi connectivity index (χ3v) is 8.26. The quantitative estimate of drug-likeness (QED) is 0.206. The Morgan fingerprint density at radius 2 is 1.08 bits per heavy atom. The summed E-state index contributed by atoms with van der Waals surface area (Å²) in [7, 11) is 0. The Bertz CT molecular complexity index is 937. The van der Waals surface area contributed by atoms with Gasteiger partial charge in [0.15, 0.2) is 0 Å². The molecular weight excluding hydrogens is 472 g/mol. The fraction of sp³-hybridized carbons (Fsp3) is 0.647. The lowest BCUT2D eigenvalue weighted by Gasteiger charge is -2.45. The minimum atomic E-state index is -1.50. The van der Waals surface area contributed by atoms with Crippen LogP contribution in [0.3, 0.4) is 0 Å². The highest BCUT2D eigenvalue weighted by molar-refractivity contribution is 5.45. The number of aryl methyl sites for hydroxylation is 1. The fourth-order valence-electron chi connectivity index (χ4n) is 5.79. The van der Waals surface area contributed by atoms with Gasteiger partial charge in [0.1, 0.15) is 5.60 Å². The molecule has 0 aliphatic heterocycles. The maximum absolute atomic E-state index is 11.7. The number of aliphatic hydroxyl groups excluding tert-OH is 3. The van der Waals surface area contributed by atoms with Crippen LogP contribution in [0, 0.1) is 12.3 Å². The number of unbranched alkanes of at least 4 members (excludes halogenated alkanes) is 5. The van der Waals surface area contributed by atoms with E-state index in [-0.39, 0.29) is 10.8 Å². The third kappa shape index (κ3) is 7.69. The molecule has 0 fully saturated rings. The van der Waals surface area contributed by atoms with Gasteiger partial charge < -0.3 is 20.4 Å². The molecule has 0 spiro atoms. The first-order chi connectivity index (χ1) is 17.8. The molecule has 0 heterocycles. The van der Waals surface area contributed by atoms with Gasteiger partial charge in [-0.15, -0.1) is 0 Å². The monoisotopic (exact) mass is 526 g/mol. The van der Waals surface area contributed by atoms with Gasteiger partial charge in [0.05, 0.1) is 25.2 Å². The molecule has 0 aliphatic rings. The van der Waals surface area contributed by atoms with Gasteiger partial charge in [-0.2, -0.15) is 0 Å². The molecule has 4 heteroatoms. The van der Waals surface area contributed by atoms with Crippen LogP contribution >= 0.6 is 0 Å². The summed E-state index contributed by atoms with van der Waals surface area (Å²) in [5.41, 5.74) is 3.78. The average Bonchev–Trinajstić information content (AvgIpc) is 2.86. The van der Waals surface area contributed by atoms with Crippen molar-refractivity contribution >= 4 is 0 Å². The summed E-state index contributed by atoms with van der Waals surface area (Å²) >= 11 is 0. The molecule has 4 nitrogen and oxygen atoms in total. The predicted molar refractivity (Wildman–Crippen MR) is 159 cm³/mol. The number of aliphatic hydroxyl groups is 4. The van der Waals surface area contributed by atoms with Crippen molar-refractivity contribution in [2.75, 3.05) is 19.8 Å². The lowest BCUT2D eigenvalue weighted by atomic mass is 9.67. The van der Waals surface area contributed by atoms with Crippen molar-refractivity contribution in [3.63, 3.8) is 0 Å². The van der Waals surface area contributed by atoms with E-state index in [1.54, 1.807) is 12.1 Å². The molecule has 214 valence electrons. The topological polar surface area (TPSA) is 80.9 Å². The maximum atomic E-state index is 11.7. The number of hydrogen-bond acceptors (Lipinski definition) is 4. The second-order valence-corrected chi connectivity index (χ2v) is 13.4. The van der Waals surface area contributed by atoms with E-state index in [4.69, 9.17) is 0 Å².